The highest BCUT2D eigenvalue weighted by Gasteiger charge is 2.47. The smallest absolute Gasteiger partial charge is 0.328 e. The van der Waals surface area contributed by atoms with Crippen LogP contribution in [0, 0.1) is 0 Å². The first kappa shape index (κ1) is 33.4. The fourth-order valence-electron chi connectivity index (χ4n) is 3.24. The molecule has 33 heavy (non-hydrogen) atoms. The molecule has 0 aliphatic heterocycles. The van der Waals surface area contributed by atoms with Gasteiger partial charge in [0.25, 0.3) is 0 Å². The Labute approximate surface area is 207 Å². The Morgan fingerprint density at radius 2 is 0.758 bits per heavy atom. The van der Waals surface area contributed by atoms with E-state index in [1.54, 1.807) is 14.2 Å². The van der Waals surface area contributed by atoms with Crippen LogP contribution in [-0.2, 0) is 31.3 Å². The Morgan fingerprint density at radius 1 is 0.455 bits per heavy atom. The number of hydrogen-bond donors (Lipinski definition) is 0. The molecule has 0 amide bonds. The van der Waals surface area contributed by atoms with Gasteiger partial charge in [0.05, 0.1) is 0 Å². The lowest BCUT2D eigenvalue weighted by atomic mass is 10.4. The van der Waals surface area contributed by atoms with Crippen molar-refractivity contribution in [3.8, 4) is 0 Å². The van der Waals surface area contributed by atoms with Crippen molar-refractivity contribution in [1.82, 2.24) is 0 Å². The molecule has 0 N–H and O–H groups in total. The van der Waals surface area contributed by atoms with Crippen LogP contribution in [0.5, 0.6) is 0 Å². The molecule has 0 aliphatic carbocycles. The number of unbranched alkanes of at least 4 members (excludes halogenated alkanes) is 3. The van der Waals surface area contributed by atoms with E-state index >= 15 is 0 Å². The highest BCUT2D eigenvalue weighted by atomic mass is 28.5. The largest absolute Gasteiger partial charge is 0.415 e. The number of hydrogen-bond acceptors (Lipinski definition) is 7. The Balaban J connectivity index is 5.18. The zero-order chi connectivity index (χ0) is 25.1. The van der Waals surface area contributed by atoms with Crippen molar-refractivity contribution in [3.05, 3.63) is 0 Å². The molecule has 0 saturated heterocycles. The molecule has 2 atom stereocenters. The van der Waals surface area contributed by atoms with Gasteiger partial charge in [0.1, 0.15) is 0 Å². The van der Waals surface area contributed by atoms with Gasteiger partial charge in [-0.3, -0.25) is 0 Å². The quantitative estimate of drug-likeness (QED) is 0.113. The van der Waals surface area contributed by atoms with Gasteiger partial charge in [0.2, 0.25) is 0 Å². The first-order valence-electron chi connectivity index (χ1n) is 13.0. The zero-order valence-corrected chi connectivity index (χ0v) is 26.0. The van der Waals surface area contributed by atoms with Crippen molar-refractivity contribution in [2.45, 2.75) is 97.1 Å². The van der Waals surface area contributed by atoms with Crippen molar-refractivity contribution >= 4 is 25.7 Å². The number of ether oxygens (including phenoxy) is 3. The third-order valence-electron chi connectivity index (χ3n) is 5.76. The van der Waals surface area contributed by atoms with Crippen LogP contribution in [-0.4, -0.2) is 79.5 Å². The molecular formula is C23H54O7Si3. The summed E-state index contributed by atoms with van der Waals surface area (Å²) in [5, 5.41) is 0. The van der Waals surface area contributed by atoms with Crippen molar-refractivity contribution in [3.63, 3.8) is 0 Å². The van der Waals surface area contributed by atoms with Crippen molar-refractivity contribution in [2.24, 2.45) is 0 Å². The fourth-order valence-corrected chi connectivity index (χ4v) is 15.3. The number of rotatable bonds is 24. The molecule has 0 radical (unpaired) electrons. The molecule has 2 unspecified atom stereocenters. The lowest BCUT2D eigenvalue weighted by Gasteiger charge is -2.41. The summed E-state index contributed by atoms with van der Waals surface area (Å²) in [7, 11) is -4.07. The van der Waals surface area contributed by atoms with Crippen LogP contribution in [0.3, 0.4) is 0 Å². The van der Waals surface area contributed by atoms with Crippen LogP contribution >= 0.6 is 0 Å². The predicted octanol–water partition coefficient (Wildman–Crippen LogP) is 5.98. The van der Waals surface area contributed by atoms with E-state index in [-0.39, 0.29) is 0 Å². The minimum absolute atomic E-state index is 0.630. The molecule has 0 heterocycles. The summed E-state index contributed by atoms with van der Waals surface area (Å²) in [5.41, 5.74) is 0. The van der Waals surface area contributed by atoms with Gasteiger partial charge in [0.15, 0.2) is 0 Å². The lowest BCUT2D eigenvalue weighted by molar-refractivity contribution is 0.126. The van der Waals surface area contributed by atoms with E-state index in [4.69, 9.17) is 31.3 Å². The maximum absolute atomic E-state index is 6.82. The fraction of sp³-hybridized carbons (Fsp3) is 1.00. The lowest BCUT2D eigenvalue weighted by Crippen LogP contribution is -2.58. The Kier molecular flexibility index (Phi) is 19.8. The van der Waals surface area contributed by atoms with E-state index in [0.29, 0.717) is 19.8 Å². The van der Waals surface area contributed by atoms with Crippen LogP contribution in [0.4, 0.5) is 0 Å². The van der Waals surface area contributed by atoms with Crippen molar-refractivity contribution in [2.75, 3.05) is 53.9 Å². The topological polar surface area (TPSA) is 64.6 Å². The van der Waals surface area contributed by atoms with Gasteiger partial charge in [-0.05, 0) is 38.9 Å². The van der Waals surface area contributed by atoms with Crippen LogP contribution < -0.4 is 0 Å². The van der Waals surface area contributed by atoms with Crippen LogP contribution in [0.1, 0.15) is 59.3 Å². The van der Waals surface area contributed by atoms with Crippen molar-refractivity contribution in [1.29, 1.82) is 0 Å². The van der Waals surface area contributed by atoms with E-state index in [9.17, 15) is 0 Å². The molecule has 0 aromatic carbocycles. The molecule has 0 aliphatic rings. The van der Waals surface area contributed by atoms with E-state index in [0.717, 1.165) is 76.5 Å². The molecule has 0 aromatic heterocycles. The summed E-state index contributed by atoms with van der Waals surface area (Å²) < 4.78 is 43.1. The second-order valence-corrected chi connectivity index (χ2v) is 19.9. The average Bonchev–Trinajstić information content (AvgIpc) is 2.78. The second-order valence-electron chi connectivity index (χ2n) is 9.16. The monoisotopic (exact) mass is 526 g/mol. The van der Waals surface area contributed by atoms with E-state index in [2.05, 4.69) is 40.4 Å². The van der Waals surface area contributed by atoms with E-state index < -0.39 is 25.7 Å². The van der Waals surface area contributed by atoms with E-state index in [1.807, 2.05) is 0 Å². The SMILES string of the molecule is CCCCOCC[Si](C)(OC)O[Si](C)(CCOCCCC)O[Si](C)(CCOCCCC)OC. The molecule has 0 aromatic rings. The predicted molar refractivity (Wildman–Crippen MR) is 143 cm³/mol. The van der Waals surface area contributed by atoms with Crippen LogP contribution in [0.2, 0.25) is 37.8 Å². The molecular weight excluding hydrogens is 473 g/mol. The average molecular weight is 527 g/mol. The molecule has 0 rings (SSSR count). The molecule has 7 nitrogen and oxygen atoms in total. The minimum atomic E-state index is -2.64. The van der Waals surface area contributed by atoms with Crippen LogP contribution in [0.25, 0.3) is 0 Å². The third kappa shape index (κ3) is 16.6. The summed E-state index contributed by atoms with van der Waals surface area (Å²) in [6.07, 6.45) is 6.62. The Bertz CT molecular complexity index is 432. The molecule has 0 spiro atoms. The molecule has 10 heteroatoms. The first-order valence-corrected chi connectivity index (χ1v) is 20.5. The summed E-state index contributed by atoms with van der Waals surface area (Å²) in [4.78, 5) is 0. The summed E-state index contributed by atoms with van der Waals surface area (Å²) in [6.45, 7) is 17.2. The normalized spacial score (nSPS) is 17.5. The Hall–Kier alpha value is 0.371. The van der Waals surface area contributed by atoms with Gasteiger partial charge in [-0.1, -0.05) is 40.0 Å². The van der Waals surface area contributed by atoms with Gasteiger partial charge in [-0.25, -0.2) is 0 Å². The van der Waals surface area contributed by atoms with Gasteiger partial charge in [0, 0.05) is 72.0 Å². The summed E-state index contributed by atoms with van der Waals surface area (Å²) >= 11 is 0. The summed E-state index contributed by atoms with van der Waals surface area (Å²) in [5.74, 6) is 0. The molecule has 0 bridgehead atoms. The van der Waals surface area contributed by atoms with Crippen molar-refractivity contribution < 1.29 is 31.3 Å². The van der Waals surface area contributed by atoms with Gasteiger partial charge < -0.3 is 31.3 Å². The molecule has 200 valence electrons. The zero-order valence-electron chi connectivity index (χ0n) is 23.0. The minimum Gasteiger partial charge on any atom is -0.415 e. The standard InChI is InChI=1S/C23H54O7Si3/c1-9-12-15-26-18-21-31(6,24-4)29-33(8,23-20-28-17-14-11-3)30-32(7,25-5)22-19-27-16-13-10-2/h9-23H2,1-8H3. The van der Waals surface area contributed by atoms with Gasteiger partial charge >= 0.3 is 25.7 Å². The first-order chi connectivity index (χ1) is 15.7. The molecule has 0 fully saturated rings. The maximum Gasteiger partial charge on any atom is 0.328 e. The highest BCUT2D eigenvalue weighted by molar-refractivity contribution is 6.85. The highest BCUT2D eigenvalue weighted by Crippen LogP contribution is 2.28. The maximum atomic E-state index is 6.82. The summed E-state index contributed by atoms with van der Waals surface area (Å²) in [6, 6.07) is 2.31. The third-order valence-corrected chi connectivity index (χ3v) is 17.7. The molecule has 0 saturated carbocycles. The van der Waals surface area contributed by atoms with Crippen LogP contribution in [0.15, 0.2) is 0 Å². The van der Waals surface area contributed by atoms with Gasteiger partial charge in [-0.15, -0.1) is 0 Å². The Morgan fingerprint density at radius 3 is 1.03 bits per heavy atom. The van der Waals surface area contributed by atoms with Gasteiger partial charge in [-0.2, -0.15) is 0 Å². The second kappa shape index (κ2) is 19.5. The van der Waals surface area contributed by atoms with E-state index in [1.165, 1.54) is 0 Å².